The Hall–Kier alpha value is -2.66. The lowest BCUT2D eigenvalue weighted by molar-refractivity contribution is 0.0950. The summed E-state index contributed by atoms with van der Waals surface area (Å²) in [7, 11) is 0. The highest BCUT2D eigenvalue weighted by Crippen LogP contribution is 2.18. The predicted octanol–water partition coefficient (Wildman–Crippen LogP) is 3.52. The Bertz CT molecular complexity index is 952. The summed E-state index contributed by atoms with van der Waals surface area (Å²) in [6, 6.07) is 10.6. The van der Waals surface area contributed by atoms with Gasteiger partial charge in [0, 0.05) is 17.0 Å². The van der Waals surface area contributed by atoms with E-state index in [0.29, 0.717) is 16.3 Å². The van der Waals surface area contributed by atoms with Gasteiger partial charge in [0.05, 0.1) is 10.9 Å². The van der Waals surface area contributed by atoms with Crippen molar-refractivity contribution in [2.45, 2.75) is 6.54 Å². The van der Waals surface area contributed by atoms with Gasteiger partial charge in [-0.25, -0.2) is 9.18 Å². The van der Waals surface area contributed by atoms with Gasteiger partial charge in [-0.3, -0.25) is 4.79 Å². The Labute approximate surface area is 135 Å². The summed E-state index contributed by atoms with van der Waals surface area (Å²) >= 11 is 5.92. The molecule has 116 valence electrons. The summed E-state index contributed by atoms with van der Waals surface area (Å²) in [5.41, 5.74) is 0.334. The summed E-state index contributed by atoms with van der Waals surface area (Å²) in [5.74, 6) is -0.855. The number of nitrogens with one attached hydrogen (secondary N) is 1. The van der Waals surface area contributed by atoms with E-state index in [4.69, 9.17) is 16.0 Å². The zero-order valence-corrected chi connectivity index (χ0v) is 12.6. The third-order valence-corrected chi connectivity index (χ3v) is 3.77. The highest BCUT2D eigenvalue weighted by atomic mass is 35.5. The molecule has 4 nitrogen and oxygen atoms in total. The molecule has 1 heterocycles. The van der Waals surface area contributed by atoms with Crippen molar-refractivity contribution >= 4 is 28.3 Å². The molecule has 0 aliphatic carbocycles. The van der Waals surface area contributed by atoms with Crippen LogP contribution in [-0.2, 0) is 6.54 Å². The van der Waals surface area contributed by atoms with Crippen LogP contribution in [-0.4, -0.2) is 5.91 Å². The second kappa shape index (κ2) is 6.22. The Morgan fingerprint density at radius 3 is 2.65 bits per heavy atom. The lowest BCUT2D eigenvalue weighted by atomic mass is 10.1. The molecule has 0 saturated carbocycles. The molecular formula is C17H11ClFNO3. The molecule has 6 heteroatoms. The Kier molecular flexibility index (Phi) is 4.12. The minimum Gasteiger partial charge on any atom is -0.430 e. The van der Waals surface area contributed by atoms with Crippen LogP contribution in [0.15, 0.2) is 57.9 Å². The fourth-order valence-corrected chi connectivity index (χ4v) is 2.48. The second-order valence-electron chi connectivity index (χ2n) is 4.90. The van der Waals surface area contributed by atoms with Gasteiger partial charge in [0.2, 0.25) is 0 Å². The molecule has 1 amide bonds. The Morgan fingerprint density at radius 2 is 1.91 bits per heavy atom. The lowest BCUT2D eigenvalue weighted by Gasteiger charge is -2.08. The first kappa shape index (κ1) is 15.2. The zero-order chi connectivity index (χ0) is 16.4. The monoisotopic (exact) mass is 331 g/mol. The Balaban J connectivity index is 1.87. The van der Waals surface area contributed by atoms with Gasteiger partial charge in [-0.1, -0.05) is 35.9 Å². The molecule has 0 bridgehead atoms. The summed E-state index contributed by atoms with van der Waals surface area (Å²) in [6.45, 7) is 0.130. The standard InChI is InChI=1S/C17H11ClFNO3/c18-15-7-11(19)6-5-10(15)8-20-16(21)14-9-23-17(22)13-4-2-1-3-12(13)14/h1-7,9H,8H2,(H,20,21). The van der Waals surface area contributed by atoms with Gasteiger partial charge in [-0.2, -0.15) is 0 Å². The van der Waals surface area contributed by atoms with Gasteiger partial charge in [0.25, 0.3) is 5.91 Å². The highest BCUT2D eigenvalue weighted by Gasteiger charge is 2.13. The fraction of sp³-hybridized carbons (Fsp3) is 0.0588. The van der Waals surface area contributed by atoms with E-state index in [1.165, 1.54) is 18.2 Å². The average Bonchev–Trinajstić information content (AvgIpc) is 2.54. The van der Waals surface area contributed by atoms with E-state index < -0.39 is 17.3 Å². The van der Waals surface area contributed by atoms with Crippen LogP contribution in [0.5, 0.6) is 0 Å². The van der Waals surface area contributed by atoms with Crippen molar-refractivity contribution in [3.8, 4) is 0 Å². The van der Waals surface area contributed by atoms with Crippen LogP contribution in [0.3, 0.4) is 0 Å². The number of hydrogen-bond acceptors (Lipinski definition) is 3. The quantitative estimate of drug-likeness (QED) is 0.799. The molecule has 2 aromatic carbocycles. The van der Waals surface area contributed by atoms with Crippen molar-refractivity contribution in [3.63, 3.8) is 0 Å². The maximum atomic E-state index is 13.0. The Morgan fingerprint density at radius 1 is 1.17 bits per heavy atom. The predicted molar refractivity (Wildman–Crippen MR) is 85.1 cm³/mol. The van der Waals surface area contributed by atoms with E-state index in [0.717, 1.165) is 6.26 Å². The summed E-state index contributed by atoms with van der Waals surface area (Å²) in [5, 5.41) is 3.75. The molecule has 23 heavy (non-hydrogen) atoms. The number of fused-ring (bicyclic) bond motifs is 1. The van der Waals surface area contributed by atoms with Crippen LogP contribution >= 0.6 is 11.6 Å². The van der Waals surface area contributed by atoms with Crippen LogP contribution in [0.1, 0.15) is 15.9 Å². The lowest BCUT2D eigenvalue weighted by Crippen LogP contribution is -2.23. The van der Waals surface area contributed by atoms with Gasteiger partial charge in [-0.15, -0.1) is 0 Å². The molecule has 1 N–H and O–H groups in total. The molecule has 0 radical (unpaired) electrons. The first-order valence-electron chi connectivity index (χ1n) is 6.79. The molecule has 3 aromatic rings. The van der Waals surface area contributed by atoms with Crippen LogP contribution in [0.4, 0.5) is 4.39 Å². The highest BCUT2D eigenvalue weighted by molar-refractivity contribution is 6.31. The van der Waals surface area contributed by atoms with Gasteiger partial charge in [0.15, 0.2) is 0 Å². The molecular weight excluding hydrogens is 321 g/mol. The smallest absolute Gasteiger partial charge is 0.343 e. The summed E-state index contributed by atoms with van der Waals surface area (Å²) in [6.07, 6.45) is 1.13. The van der Waals surface area contributed by atoms with E-state index in [2.05, 4.69) is 5.32 Å². The number of hydrogen-bond donors (Lipinski definition) is 1. The molecule has 0 aliphatic rings. The van der Waals surface area contributed by atoms with E-state index in [1.807, 2.05) is 0 Å². The topological polar surface area (TPSA) is 59.3 Å². The zero-order valence-electron chi connectivity index (χ0n) is 11.8. The van der Waals surface area contributed by atoms with Crippen LogP contribution in [0.2, 0.25) is 5.02 Å². The molecule has 1 aromatic heterocycles. The first-order chi connectivity index (χ1) is 11.1. The van der Waals surface area contributed by atoms with Gasteiger partial charge in [0.1, 0.15) is 12.1 Å². The number of amides is 1. The van der Waals surface area contributed by atoms with Crippen molar-refractivity contribution in [1.29, 1.82) is 0 Å². The van der Waals surface area contributed by atoms with E-state index >= 15 is 0 Å². The summed E-state index contributed by atoms with van der Waals surface area (Å²) < 4.78 is 17.9. The molecule has 0 fully saturated rings. The molecule has 0 spiro atoms. The number of carbonyl (C=O) groups is 1. The number of carbonyl (C=O) groups excluding carboxylic acids is 1. The number of halogens is 2. The molecule has 0 atom stereocenters. The van der Waals surface area contributed by atoms with Crippen LogP contribution in [0, 0.1) is 5.82 Å². The summed E-state index contributed by atoms with van der Waals surface area (Å²) in [4.78, 5) is 24.0. The first-order valence-corrected chi connectivity index (χ1v) is 7.17. The van der Waals surface area contributed by atoms with E-state index in [1.54, 1.807) is 24.3 Å². The number of rotatable bonds is 3. The maximum absolute atomic E-state index is 13.0. The van der Waals surface area contributed by atoms with Gasteiger partial charge >= 0.3 is 5.63 Å². The minimum absolute atomic E-state index is 0.130. The normalized spacial score (nSPS) is 10.7. The van der Waals surface area contributed by atoms with Crippen molar-refractivity contribution in [2.75, 3.05) is 0 Å². The minimum atomic E-state index is -0.501. The maximum Gasteiger partial charge on any atom is 0.343 e. The third-order valence-electron chi connectivity index (χ3n) is 3.42. The van der Waals surface area contributed by atoms with E-state index in [-0.39, 0.29) is 17.1 Å². The van der Waals surface area contributed by atoms with E-state index in [9.17, 15) is 14.0 Å². The van der Waals surface area contributed by atoms with Crippen LogP contribution < -0.4 is 10.9 Å². The molecule has 3 rings (SSSR count). The van der Waals surface area contributed by atoms with Crippen molar-refractivity contribution < 1.29 is 13.6 Å². The third kappa shape index (κ3) is 3.10. The van der Waals surface area contributed by atoms with Crippen molar-refractivity contribution in [1.82, 2.24) is 5.32 Å². The van der Waals surface area contributed by atoms with Gasteiger partial charge in [-0.05, 0) is 23.8 Å². The average molecular weight is 332 g/mol. The molecule has 0 unspecified atom stereocenters. The van der Waals surface area contributed by atoms with Crippen molar-refractivity contribution in [2.24, 2.45) is 0 Å². The second-order valence-corrected chi connectivity index (χ2v) is 5.31. The molecule has 0 aliphatic heterocycles. The van der Waals surface area contributed by atoms with Crippen LogP contribution in [0.25, 0.3) is 10.8 Å². The van der Waals surface area contributed by atoms with Gasteiger partial charge < -0.3 is 9.73 Å². The number of benzene rings is 2. The van der Waals surface area contributed by atoms with Crippen molar-refractivity contribution in [3.05, 3.63) is 81.1 Å². The largest absolute Gasteiger partial charge is 0.430 e. The SMILES string of the molecule is O=C(NCc1ccc(F)cc1Cl)c1coc(=O)c2ccccc12. The fourth-order valence-electron chi connectivity index (χ4n) is 2.25. The molecule has 0 saturated heterocycles.